The monoisotopic (exact) mass is 220 g/mol. The van der Waals surface area contributed by atoms with Crippen LogP contribution in [0.3, 0.4) is 0 Å². The lowest BCUT2D eigenvalue weighted by Crippen LogP contribution is -2.44. The van der Waals surface area contributed by atoms with Crippen molar-refractivity contribution in [2.24, 2.45) is 5.41 Å². The Morgan fingerprint density at radius 3 is 2.56 bits per heavy atom. The van der Waals surface area contributed by atoms with Crippen molar-refractivity contribution in [3.05, 3.63) is 35.9 Å². The van der Waals surface area contributed by atoms with E-state index in [1.54, 1.807) is 0 Å². The molecule has 0 unspecified atom stereocenters. The molecule has 2 rings (SSSR count). The summed E-state index contributed by atoms with van der Waals surface area (Å²) < 4.78 is 11.6. The van der Waals surface area contributed by atoms with Crippen LogP contribution in [0, 0.1) is 5.41 Å². The van der Waals surface area contributed by atoms with E-state index in [1.807, 2.05) is 18.2 Å². The molecular weight excluding hydrogens is 200 g/mol. The van der Waals surface area contributed by atoms with Gasteiger partial charge >= 0.3 is 0 Å². The number of ether oxygens (including phenoxy) is 2. The zero-order valence-electron chi connectivity index (χ0n) is 10.3. The molecule has 16 heavy (non-hydrogen) atoms. The Labute approximate surface area is 97.6 Å². The van der Waals surface area contributed by atoms with Gasteiger partial charge in [-0.05, 0) is 12.5 Å². The summed E-state index contributed by atoms with van der Waals surface area (Å²) in [5.74, 6) is 0. The largest absolute Gasteiger partial charge is 0.352 e. The quantitative estimate of drug-likeness (QED) is 0.762. The third-order valence-corrected chi connectivity index (χ3v) is 3.34. The van der Waals surface area contributed by atoms with Gasteiger partial charge in [-0.2, -0.15) is 0 Å². The highest BCUT2D eigenvalue weighted by Gasteiger charge is 2.35. The molecule has 0 bridgehead atoms. The number of hydrogen-bond acceptors (Lipinski definition) is 2. The van der Waals surface area contributed by atoms with Crippen LogP contribution in [-0.2, 0) is 15.9 Å². The third-order valence-electron chi connectivity index (χ3n) is 3.34. The fourth-order valence-electron chi connectivity index (χ4n) is 1.79. The van der Waals surface area contributed by atoms with Crippen molar-refractivity contribution in [1.29, 1.82) is 0 Å². The van der Waals surface area contributed by atoms with Crippen LogP contribution < -0.4 is 0 Å². The van der Waals surface area contributed by atoms with E-state index in [-0.39, 0.29) is 17.8 Å². The fourth-order valence-corrected chi connectivity index (χ4v) is 1.79. The third kappa shape index (κ3) is 2.63. The Morgan fingerprint density at radius 1 is 1.25 bits per heavy atom. The van der Waals surface area contributed by atoms with Crippen molar-refractivity contribution < 1.29 is 9.47 Å². The number of benzene rings is 1. The molecule has 2 nitrogen and oxygen atoms in total. The summed E-state index contributed by atoms with van der Waals surface area (Å²) in [6, 6.07) is 10.3. The molecule has 1 aromatic rings. The highest BCUT2D eigenvalue weighted by Crippen LogP contribution is 2.30. The van der Waals surface area contributed by atoms with Crippen LogP contribution >= 0.6 is 0 Å². The van der Waals surface area contributed by atoms with Gasteiger partial charge < -0.3 is 9.47 Å². The molecule has 2 heteroatoms. The summed E-state index contributed by atoms with van der Waals surface area (Å²) >= 11 is 0. The maximum absolute atomic E-state index is 5.88. The van der Waals surface area contributed by atoms with Gasteiger partial charge in [-0.1, -0.05) is 44.2 Å². The summed E-state index contributed by atoms with van der Waals surface area (Å²) in [4.78, 5) is 0. The van der Waals surface area contributed by atoms with E-state index < -0.39 is 0 Å². The van der Waals surface area contributed by atoms with E-state index in [0.717, 1.165) is 13.0 Å². The molecule has 1 aliphatic heterocycles. The zero-order valence-corrected chi connectivity index (χ0v) is 10.3. The van der Waals surface area contributed by atoms with Gasteiger partial charge in [0.15, 0.2) is 6.29 Å². The first-order valence-electron chi connectivity index (χ1n) is 5.89. The van der Waals surface area contributed by atoms with Crippen LogP contribution in [0.2, 0.25) is 0 Å². The molecule has 0 N–H and O–H groups in total. The minimum Gasteiger partial charge on any atom is -0.352 e. The molecule has 1 saturated heterocycles. The van der Waals surface area contributed by atoms with Crippen LogP contribution in [0.15, 0.2) is 30.3 Å². The van der Waals surface area contributed by atoms with Crippen molar-refractivity contribution in [2.75, 3.05) is 6.61 Å². The highest BCUT2D eigenvalue weighted by molar-refractivity contribution is 5.15. The lowest BCUT2D eigenvalue weighted by molar-refractivity contribution is -0.253. The molecule has 1 fully saturated rings. The summed E-state index contributed by atoms with van der Waals surface area (Å²) in [5, 5.41) is 0. The van der Waals surface area contributed by atoms with E-state index in [0.29, 0.717) is 0 Å². The molecule has 1 heterocycles. The number of rotatable bonds is 2. The molecule has 0 aromatic heterocycles. The SMILES string of the molecule is C[C@@H]1O[C@H](Cc2ccccc2)OCC1(C)C. The number of hydrogen-bond donors (Lipinski definition) is 0. The highest BCUT2D eigenvalue weighted by atomic mass is 16.7. The maximum atomic E-state index is 5.88. The second kappa shape index (κ2) is 4.56. The molecule has 0 spiro atoms. The minimum absolute atomic E-state index is 0.0922. The lowest BCUT2D eigenvalue weighted by atomic mass is 9.87. The summed E-state index contributed by atoms with van der Waals surface area (Å²) in [6.45, 7) is 7.25. The van der Waals surface area contributed by atoms with Crippen molar-refractivity contribution in [3.8, 4) is 0 Å². The average Bonchev–Trinajstić information content (AvgIpc) is 2.26. The predicted octanol–water partition coefficient (Wildman–Crippen LogP) is 3.02. The molecule has 88 valence electrons. The van der Waals surface area contributed by atoms with Crippen LogP contribution in [0.5, 0.6) is 0 Å². The van der Waals surface area contributed by atoms with Crippen molar-refractivity contribution in [2.45, 2.75) is 39.6 Å². The van der Waals surface area contributed by atoms with Gasteiger partial charge in [0.2, 0.25) is 0 Å². The van der Waals surface area contributed by atoms with Gasteiger partial charge in [-0.3, -0.25) is 0 Å². The Balaban J connectivity index is 1.94. The van der Waals surface area contributed by atoms with E-state index in [4.69, 9.17) is 9.47 Å². The second-order valence-corrected chi connectivity index (χ2v) is 5.20. The molecule has 0 amide bonds. The lowest BCUT2D eigenvalue weighted by Gasteiger charge is -2.40. The van der Waals surface area contributed by atoms with Gasteiger partial charge in [0.05, 0.1) is 12.7 Å². The predicted molar refractivity (Wildman–Crippen MR) is 64.2 cm³/mol. The Hall–Kier alpha value is -0.860. The van der Waals surface area contributed by atoms with E-state index in [2.05, 4.69) is 32.9 Å². The van der Waals surface area contributed by atoms with Crippen LogP contribution in [-0.4, -0.2) is 19.0 Å². The Bertz CT molecular complexity index is 332. The standard InChI is InChI=1S/C14H20O2/c1-11-14(2,3)10-15-13(16-11)9-12-7-5-4-6-8-12/h4-8,11,13H,9-10H2,1-3H3/t11-,13+/m0/s1. The molecule has 1 aromatic carbocycles. The summed E-state index contributed by atoms with van der Waals surface area (Å²) in [6.07, 6.45) is 0.988. The minimum atomic E-state index is -0.0922. The van der Waals surface area contributed by atoms with Gasteiger partial charge in [-0.25, -0.2) is 0 Å². The first kappa shape index (κ1) is 11.6. The molecular formula is C14H20O2. The molecule has 0 aliphatic carbocycles. The van der Waals surface area contributed by atoms with Gasteiger partial charge in [0.1, 0.15) is 0 Å². The second-order valence-electron chi connectivity index (χ2n) is 5.20. The van der Waals surface area contributed by atoms with Crippen molar-refractivity contribution in [3.63, 3.8) is 0 Å². The zero-order chi connectivity index (χ0) is 11.6. The summed E-state index contributed by atoms with van der Waals surface area (Å²) in [7, 11) is 0. The smallest absolute Gasteiger partial charge is 0.161 e. The van der Waals surface area contributed by atoms with Crippen LogP contribution in [0.1, 0.15) is 26.3 Å². The van der Waals surface area contributed by atoms with Crippen LogP contribution in [0.25, 0.3) is 0 Å². The fraction of sp³-hybridized carbons (Fsp3) is 0.571. The topological polar surface area (TPSA) is 18.5 Å². The van der Waals surface area contributed by atoms with Gasteiger partial charge in [-0.15, -0.1) is 0 Å². The Kier molecular flexibility index (Phi) is 3.31. The average molecular weight is 220 g/mol. The van der Waals surface area contributed by atoms with E-state index in [9.17, 15) is 0 Å². The molecule has 0 radical (unpaired) electrons. The molecule has 2 atom stereocenters. The van der Waals surface area contributed by atoms with Gasteiger partial charge in [0.25, 0.3) is 0 Å². The Morgan fingerprint density at radius 2 is 1.94 bits per heavy atom. The normalized spacial score (nSPS) is 28.9. The van der Waals surface area contributed by atoms with Gasteiger partial charge in [0, 0.05) is 11.8 Å². The first-order chi connectivity index (χ1) is 7.58. The van der Waals surface area contributed by atoms with Crippen molar-refractivity contribution >= 4 is 0 Å². The van der Waals surface area contributed by atoms with Crippen molar-refractivity contribution in [1.82, 2.24) is 0 Å². The maximum Gasteiger partial charge on any atom is 0.161 e. The molecule has 1 aliphatic rings. The van der Waals surface area contributed by atoms with E-state index >= 15 is 0 Å². The summed E-state index contributed by atoms with van der Waals surface area (Å²) in [5.41, 5.74) is 1.38. The van der Waals surface area contributed by atoms with Crippen LogP contribution in [0.4, 0.5) is 0 Å². The first-order valence-corrected chi connectivity index (χ1v) is 5.89. The molecule has 0 saturated carbocycles. The van der Waals surface area contributed by atoms with E-state index in [1.165, 1.54) is 5.56 Å².